The Morgan fingerprint density at radius 3 is 2.29 bits per heavy atom. The van der Waals surface area contributed by atoms with Crippen LogP contribution in [-0.4, -0.2) is 50.0 Å². The number of rotatable bonds is 11. The zero-order valence-corrected chi connectivity index (χ0v) is 26.8. The van der Waals surface area contributed by atoms with Crippen molar-refractivity contribution in [3.63, 3.8) is 0 Å². The van der Waals surface area contributed by atoms with Crippen molar-refractivity contribution in [1.29, 1.82) is 0 Å². The lowest BCUT2D eigenvalue weighted by molar-refractivity contribution is -0.139. The summed E-state index contributed by atoms with van der Waals surface area (Å²) < 4.78 is 29.9. The summed E-state index contributed by atoms with van der Waals surface area (Å²) in [4.78, 5) is 29.9. The molecule has 41 heavy (non-hydrogen) atoms. The van der Waals surface area contributed by atoms with Crippen LogP contribution in [0.1, 0.15) is 43.7 Å². The van der Waals surface area contributed by atoms with E-state index in [9.17, 15) is 18.0 Å². The average molecular weight is 659 g/mol. The van der Waals surface area contributed by atoms with Gasteiger partial charge in [0.2, 0.25) is 11.8 Å². The molecule has 0 unspecified atom stereocenters. The Balaban J connectivity index is 1.68. The fourth-order valence-electron chi connectivity index (χ4n) is 4.92. The van der Waals surface area contributed by atoms with E-state index in [-0.39, 0.29) is 23.4 Å². The Kier molecular flexibility index (Phi) is 10.5. The highest BCUT2D eigenvalue weighted by atomic mass is 79.9. The van der Waals surface area contributed by atoms with Gasteiger partial charge in [0.1, 0.15) is 12.6 Å². The molecule has 1 saturated carbocycles. The Bertz CT molecular complexity index is 1460. The van der Waals surface area contributed by atoms with Gasteiger partial charge in [-0.2, -0.15) is 0 Å². The van der Waals surface area contributed by atoms with Crippen LogP contribution in [0.2, 0.25) is 0 Å². The van der Waals surface area contributed by atoms with Gasteiger partial charge in [-0.05, 0) is 87.0 Å². The van der Waals surface area contributed by atoms with Gasteiger partial charge < -0.3 is 10.2 Å². The third kappa shape index (κ3) is 7.93. The maximum absolute atomic E-state index is 14.1. The lowest BCUT2D eigenvalue weighted by atomic mass is 10.1. The summed E-state index contributed by atoms with van der Waals surface area (Å²) in [6.07, 6.45) is 5.91. The Morgan fingerprint density at radius 2 is 1.68 bits per heavy atom. The maximum Gasteiger partial charge on any atom is 0.264 e. The summed E-state index contributed by atoms with van der Waals surface area (Å²) in [5, 5.41) is 3.09. The Labute approximate surface area is 255 Å². The molecule has 0 bridgehead atoms. The number of nitrogens with one attached hydrogen (secondary N) is 1. The minimum Gasteiger partial charge on any atom is -0.352 e. The second-order valence-electron chi connectivity index (χ2n) is 10.3. The number of anilines is 1. The smallest absolute Gasteiger partial charge is 0.264 e. The number of nitrogens with zero attached hydrogens (tertiary/aromatic N) is 2. The van der Waals surface area contributed by atoms with Gasteiger partial charge in [-0.25, -0.2) is 8.42 Å². The number of hydrogen-bond donors (Lipinski definition) is 1. The van der Waals surface area contributed by atoms with Crippen LogP contribution < -0.4 is 9.62 Å². The van der Waals surface area contributed by atoms with Gasteiger partial charge >= 0.3 is 0 Å². The van der Waals surface area contributed by atoms with Crippen molar-refractivity contribution in [2.24, 2.45) is 0 Å². The number of carbonyl (C=O) groups excluding carboxylic acids is 2. The summed E-state index contributed by atoms with van der Waals surface area (Å²) in [5.41, 5.74) is 2.17. The van der Waals surface area contributed by atoms with Gasteiger partial charge in [-0.3, -0.25) is 13.9 Å². The third-order valence-corrected chi connectivity index (χ3v) is 10.4. The monoisotopic (exact) mass is 657 g/mol. The SMILES string of the molecule is CSc1ccc(S(=O)(=O)N(CC(=O)N(Cc2cccc(Br)c2)[C@H](C)C(=O)NC2CCCC2)c2ccc(C)cc2)cc1. The summed E-state index contributed by atoms with van der Waals surface area (Å²) in [6, 6.07) is 20.5. The van der Waals surface area contributed by atoms with Crippen LogP contribution in [0, 0.1) is 6.92 Å². The molecule has 218 valence electrons. The van der Waals surface area contributed by atoms with Gasteiger partial charge in [0.15, 0.2) is 0 Å². The van der Waals surface area contributed by atoms with Crippen molar-refractivity contribution in [3.05, 3.63) is 88.4 Å². The summed E-state index contributed by atoms with van der Waals surface area (Å²) >= 11 is 5.00. The Morgan fingerprint density at radius 1 is 1.02 bits per heavy atom. The Hall–Kier alpha value is -2.82. The van der Waals surface area contributed by atoms with Crippen molar-refractivity contribution in [1.82, 2.24) is 10.2 Å². The van der Waals surface area contributed by atoms with E-state index in [4.69, 9.17) is 0 Å². The number of amides is 2. The van der Waals surface area contributed by atoms with E-state index in [2.05, 4.69) is 21.2 Å². The molecule has 0 spiro atoms. The lowest BCUT2D eigenvalue weighted by Gasteiger charge is -2.32. The van der Waals surface area contributed by atoms with Crippen LogP contribution in [0.15, 0.2) is 87.1 Å². The number of thioether (sulfide) groups is 1. The molecule has 0 aromatic heterocycles. The standard InChI is InChI=1S/C31H36BrN3O4S2/c1-22-11-13-27(14-12-22)35(41(38,39)29-17-15-28(40-3)16-18-29)21-30(36)34(20-24-7-6-8-25(32)19-24)23(2)31(37)33-26-9-4-5-10-26/h6-8,11-19,23,26H,4-5,9-10,20-21H2,1-3H3,(H,33,37)/t23-/m1/s1. The summed E-state index contributed by atoms with van der Waals surface area (Å²) in [5.74, 6) is -0.707. The first-order valence-electron chi connectivity index (χ1n) is 13.7. The van der Waals surface area contributed by atoms with Crippen LogP contribution in [-0.2, 0) is 26.2 Å². The normalized spacial score (nSPS) is 14.4. The maximum atomic E-state index is 14.1. The first-order valence-corrected chi connectivity index (χ1v) is 17.1. The minimum atomic E-state index is -4.10. The molecule has 0 heterocycles. The first kappa shape index (κ1) is 31.1. The molecule has 3 aromatic carbocycles. The third-order valence-electron chi connectivity index (χ3n) is 7.36. The van der Waals surface area contributed by atoms with Gasteiger partial charge in [0.25, 0.3) is 10.0 Å². The number of hydrogen-bond acceptors (Lipinski definition) is 5. The van der Waals surface area contributed by atoms with Crippen molar-refractivity contribution in [2.75, 3.05) is 17.1 Å². The number of benzene rings is 3. The molecule has 1 N–H and O–H groups in total. The van der Waals surface area contributed by atoms with Crippen LogP contribution in [0.3, 0.4) is 0 Å². The van der Waals surface area contributed by atoms with Gasteiger partial charge in [0, 0.05) is 22.0 Å². The zero-order chi connectivity index (χ0) is 29.6. The molecule has 4 rings (SSSR count). The molecular weight excluding hydrogens is 622 g/mol. The molecule has 0 saturated heterocycles. The van der Waals surface area contributed by atoms with E-state index >= 15 is 0 Å². The highest BCUT2D eigenvalue weighted by Gasteiger charge is 2.33. The highest BCUT2D eigenvalue weighted by Crippen LogP contribution is 2.27. The predicted octanol–water partition coefficient (Wildman–Crippen LogP) is 6.15. The number of carbonyl (C=O) groups is 2. The second kappa shape index (κ2) is 13.9. The second-order valence-corrected chi connectivity index (χ2v) is 14.0. The van der Waals surface area contributed by atoms with Gasteiger partial charge in [-0.1, -0.05) is 58.6 Å². The average Bonchev–Trinajstić information content (AvgIpc) is 3.48. The molecule has 10 heteroatoms. The molecule has 1 atom stereocenters. The quantitative estimate of drug-likeness (QED) is 0.250. The van der Waals surface area contributed by atoms with Crippen molar-refractivity contribution >= 4 is 55.2 Å². The molecule has 1 aliphatic rings. The topological polar surface area (TPSA) is 86.8 Å². The van der Waals surface area contributed by atoms with E-state index in [1.807, 2.05) is 49.6 Å². The molecule has 3 aromatic rings. The summed E-state index contributed by atoms with van der Waals surface area (Å²) in [6.45, 7) is 3.32. The molecular formula is C31H36BrN3O4S2. The van der Waals surface area contributed by atoms with Crippen LogP contribution in [0.4, 0.5) is 5.69 Å². The zero-order valence-electron chi connectivity index (χ0n) is 23.5. The fourth-order valence-corrected chi connectivity index (χ4v) is 7.19. The highest BCUT2D eigenvalue weighted by molar-refractivity contribution is 9.10. The lowest BCUT2D eigenvalue weighted by Crippen LogP contribution is -2.52. The number of aryl methyl sites for hydroxylation is 1. The van der Waals surface area contributed by atoms with E-state index in [0.29, 0.717) is 5.69 Å². The van der Waals surface area contributed by atoms with Crippen LogP contribution in [0.25, 0.3) is 0 Å². The molecule has 0 radical (unpaired) electrons. The van der Waals surface area contributed by atoms with Crippen LogP contribution >= 0.6 is 27.7 Å². The van der Waals surface area contributed by atoms with Gasteiger partial charge in [0.05, 0.1) is 10.6 Å². The van der Waals surface area contributed by atoms with Crippen molar-refractivity contribution < 1.29 is 18.0 Å². The number of sulfonamides is 1. The van der Waals surface area contributed by atoms with Crippen LogP contribution in [0.5, 0.6) is 0 Å². The van der Waals surface area contributed by atoms with E-state index in [1.54, 1.807) is 43.3 Å². The molecule has 1 fully saturated rings. The van der Waals surface area contributed by atoms with E-state index in [1.165, 1.54) is 16.7 Å². The molecule has 1 aliphatic carbocycles. The minimum absolute atomic E-state index is 0.0919. The number of halogens is 1. The van der Waals surface area contributed by atoms with Crippen molar-refractivity contribution in [2.45, 2.75) is 68.0 Å². The largest absolute Gasteiger partial charge is 0.352 e. The van der Waals surface area contributed by atoms with Crippen molar-refractivity contribution in [3.8, 4) is 0 Å². The first-order chi connectivity index (χ1) is 19.6. The molecule has 2 amide bonds. The van der Waals surface area contributed by atoms with E-state index < -0.39 is 28.5 Å². The molecule has 7 nitrogen and oxygen atoms in total. The van der Waals surface area contributed by atoms with E-state index in [0.717, 1.165) is 50.5 Å². The molecule has 0 aliphatic heterocycles. The van der Waals surface area contributed by atoms with Gasteiger partial charge in [-0.15, -0.1) is 11.8 Å². The fraction of sp³-hybridized carbons (Fsp3) is 0.355. The summed E-state index contributed by atoms with van der Waals surface area (Å²) in [7, 11) is -4.10. The predicted molar refractivity (Wildman–Crippen MR) is 168 cm³/mol.